The summed E-state index contributed by atoms with van der Waals surface area (Å²) in [5.41, 5.74) is 2.43. The summed E-state index contributed by atoms with van der Waals surface area (Å²) in [7, 11) is 0. The first-order valence-electron chi connectivity index (χ1n) is 7.68. The maximum Gasteiger partial charge on any atom is 0.251 e. The van der Waals surface area contributed by atoms with Crippen LogP contribution in [0.2, 0.25) is 0 Å². The molecule has 0 unspecified atom stereocenters. The van der Waals surface area contributed by atoms with Gasteiger partial charge >= 0.3 is 0 Å². The van der Waals surface area contributed by atoms with E-state index in [0.717, 1.165) is 30.5 Å². The monoisotopic (exact) mass is 287 g/mol. The van der Waals surface area contributed by atoms with Gasteiger partial charge in [0.2, 0.25) is 0 Å². The van der Waals surface area contributed by atoms with Gasteiger partial charge in [0, 0.05) is 24.1 Å². The molecule has 0 radical (unpaired) electrons. The second kappa shape index (κ2) is 10.0. The highest BCUT2D eigenvalue weighted by molar-refractivity contribution is 5.96. The third kappa shape index (κ3) is 6.01. The maximum atomic E-state index is 12.2. The predicted molar refractivity (Wildman–Crippen MR) is 86.2 cm³/mol. The Morgan fingerprint density at radius 3 is 2.81 bits per heavy atom. The molecule has 1 aromatic rings. The van der Waals surface area contributed by atoms with Crippen LogP contribution >= 0.6 is 0 Å². The Hall–Kier alpha value is -1.79. The van der Waals surface area contributed by atoms with Gasteiger partial charge in [-0.1, -0.05) is 44.1 Å². The number of nitrogens with one attached hydrogen (secondary N) is 1. The number of unbranched alkanes of at least 4 members (excludes halogenated alkanes) is 3. The number of carbonyl (C=O) groups excluding carboxylic acids is 1. The Kier molecular flexibility index (Phi) is 8.23. The summed E-state index contributed by atoms with van der Waals surface area (Å²) in [5.74, 6) is 5.86. The third-order valence-electron chi connectivity index (χ3n) is 3.35. The minimum Gasteiger partial charge on any atom is -0.395 e. The molecule has 0 aromatic heterocycles. The molecule has 114 valence electrons. The molecule has 0 atom stereocenters. The number of hydrogen-bond donors (Lipinski definition) is 2. The molecule has 2 N–H and O–H groups in total. The van der Waals surface area contributed by atoms with Gasteiger partial charge in [-0.2, -0.15) is 0 Å². The van der Waals surface area contributed by atoms with Crippen LogP contribution in [0.15, 0.2) is 18.2 Å². The Morgan fingerprint density at radius 1 is 1.29 bits per heavy atom. The quantitative estimate of drug-likeness (QED) is 0.598. The van der Waals surface area contributed by atoms with Gasteiger partial charge in [0.1, 0.15) is 0 Å². The Morgan fingerprint density at radius 2 is 2.10 bits per heavy atom. The van der Waals surface area contributed by atoms with Crippen molar-refractivity contribution in [1.82, 2.24) is 5.32 Å². The standard InChI is InChI=1S/C18H25NO2/c1-3-4-5-7-13-19-18(21)17-12-9-11-16(15(17)2)10-6-8-14-20/h9,11-12,20H,3-5,7-8,13-14H2,1-2H3,(H,19,21). The number of rotatable bonds is 7. The average Bonchev–Trinajstić information content (AvgIpc) is 2.49. The molecular weight excluding hydrogens is 262 g/mol. The van der Waals surface area contributed by atoms with Crippen LogP contribution in [-0.2, 0) is 0 Å². The van der Waals surface area contributed by atoms with Gasteiger partial charge in [-0.3, -0.25) is 4.79 Å². The van der Waals surface area contributed by atoms with E-state index in [4.69, 9.17) is 5.11 Å². The van der Waals surface area contributed by atoms with E-state index in [2.05, 4.69) is 24.1 Å². The lowest BCUT2D eigenvalue weighted by molar-refractivity contribution is 0.0952. The zero-order valence-corrected chi connectivity index (χ0v) is 13.0. The molecule has 1 amide bonds. The van der Waals surface area contributed by atoms with Crippen molar-refractivity contribution >= 4 is 5.91 Å². The van der Waals surface area contributed by atoms with Crippen molar-refractivity contribution < 1.29 is 9.90 Å². The van der Waals surface area contributed by atoms with Gasteiger partial charge in [0.05, 0.1) is 6.61 Å². The highest BCUT2D eigenvalue weighted by Gasteiger charge is 2.10. The maximum absolute atomic E-state index is 12.2. The normalized spacial score (nSPS) is 9.86. The van der Waals surface area contributed by atoms with Gasteiger partial charge in [-0.25, -0.2) is 0 Å². The molecule has 0 fully saturated rings. The molecule has 0 spiro atoms. The van der Waals surface area contributed by atoms with E-state index in [1.165, 1.54) is 12.8 Å². The van der Waals surface area contributed by atoms with E-state index in [0.29, 0.717) is 12.0 Å². The summed E-state index contributed by atoms with van der Waals surface area (Å²) in [4.78, 5) is 12.2. The number of aliphatic hydroxyl groups is 1. The topological polar surface area (TPSA) is 49.3 Å². The zero-order chi connectivity index (χ0) is 15.5. The lowest BCUT2D eigenvalue weighted by Crippen LogP contribution is -2.25. The SMILES string of the molecule is CCCCCCNC(=O)c1cccc(C#CCCO)c1C. The van der Waals surface area contributed by atoms with E-state index >= 15 is 0 Å². The molecule has 0 heterocycles. The molecule has 1 rings (SSSR count). The van der Waals surface area contributed by atoms with E-state index in [1.807, 2.05) is 25.1 Å². The fourth-order valence-electron chi connectivity index (χ4n) is 2.08. The van der Waals surface area contributed by atoms with Crippen LogP contribution in [0.1, 0.15) is 60.5 Å². The first kappa shape index (κ1) is 17.3. The summed E-state index contributed by atoms with van der Waals surface area (Å²) < 4.78 is 0. The summed E-state index contributed by atoms with van der Waals surface area (Å²) in [6, 6.07) is 5.58. The summed E-state index contributed by atoms with van der Waals surface area (Å²) in [5, 5.41) is 11.7. The number of aliphatic hydroxyl groups excluding tert-OH is 1. The number of hydrogen-bond acceptors (Lipinski definition) is 2. The molecule has 0 aliphatic rings. The van der Waals surface area contributed by atoms with Gasteiger partial charge in [0.15, 0.2) is 0 Å². The predicted octanol–water partition coefficient (Wildman–Crippen LogP) is 3.04. The lowest BCUT2D eigenvalue weighted by Gasteiger charge is -2.09. The van der Waals surface area contributed by atoms with Crippen molar-refractivity contribution in [3.8, 4) is 11.8 Å². The summed E-state index contributed by atoms with van der Waals surface area (Å²) in [6.45, 7) is 4.86. The molecule has 0 saturated carbocycles. The Labute approximate surface area is 127 Å². The Bertz CT molecular complexity index is 512. The van der Waals surface area contributed by atoms with Crippen molar-refractivity contribution in [1.29, 1.82) is 0 Å². The summed E-state index contributed by atoms with van der Waals surface area (Å²) >= 11 is 0. The van der Waals surface area contributed by atoms with Crippen LogP contribution in [0.4, 0.5) is 0 Å². The molecule has 0 saturated heterocycles. The highest BCUT2D eigenvalue weighted by Crippen LogP contribution is 2.13. The molecule has 3 heteroatoms. The van der Waals surface area contributed by atoms with Crippen molar-refractivity contribution in [2.24, 2.45) is 0 Å². The van der Waals surface area contributed by atoms with Crippen LogP contribution in [0, 0.1) is 18.8 Å². The van der Waals surface area contributed by atoms with E-state index in [1.54, 1.807) is 0 Å². The minimum absolute atomic E-state index is 0.0326. The molecule has 0 aliphatic carbocycles. The molecule has 21 heavy (non-hydrogen) atoms. The number of amides is 1. The van der Waals surface area contributed by atoms with Gasteiger partial charge in [-0.15, -0.1) is 0 Å². The second-order valence-corrected chi connectivity index (χ2v) is 5.07. The van der Waals surface area contributed by atoms with Crippen molar-refractivity contribution in [2.75, 3.05) is 13.2 Å². The minimum atomic E-state index is -0.0326. The largest absolute Gasteiger partial charge is 0.395 e. The highest BCUT2D eigenvalue weighted by atomic mass is 16.2. The van der Waals surface area contributed by atoms with E-state index in [9.17, 15) is 4.79 Å². The summed E-state index contributed by atoms with van der Waals surface area (Å²) in [6.07, 6.45) is 5.04. The van der Waals surface area contributed by atoms with Crippen LogP contribution < -0.4 is 5.32 Å². The smallest absolute Gasteiger partial charge is 0.251 e. The average molecular weight is 287 g/mol. The van der Waals surface area contributed by atoms with Gasteiger partial charge < -0.3 is 10.4 Å². The molecule has 0 aliphatic heterocycles. The number of benzene rings is 1. The first-order valence-corrected chi connectivity index (χ1v) is 7.68. The molecule has 0 bridgehead atoms. The molecule has 1 aromatic carbocycles. The third-order valence-corrected chi connectivity index (χ3v) is 3.35. The van der Waals surface area contributed by atoms with Gasteiger partial charge in [0.25, 0.3) is 5.91 Å². The van der Waals surface area contributed by atoms with Crippen molar-refractivity contribution in [3.05, 3.63) is 34.9 Å². The van der Waals surface area contributed by atoms with Crippen molar-refractivity contribution in [3.63, 3.8) is 0 Å². The van der Waals surface area contributed by atoms with Gasteiger partial charge in [-0.05, 0) is 31.0 Å². The van der Waals surface area contributed by atoms with E-state index in [-0.39, 0.29) is 12.5 Å². The van der Waals surface area contributed by atoms with Crippen LogP contribution in [0.25, 0.3) is 0 Å². The van der Waals surface area contributed by atoms with Crippen LogP contribution in [-0.4, -0.2) is 24.2 Å². The lowest BCUT2D eigenvalue weighted by atomic mass is 10.0. The van der Waals surface area contributed by atoms with Crippen LogP contribution in [0.5, 0.6) is 0 Å². The first-order chi connectivity index (χ1) is 10.2. The van der Waals surface area contributed by atoms with Crippen LogP contribution in [0.3, 0.4) is 0 Å². The molecule has 3 nitrogen and oxygen atoms in total. The fraction of sp³-hybridized carbons (Fsp3) is 0.500. The van der Waals surface area contributed by atoms with E-state index < -0.39 is 0 Å². The zero-order valence-electron chi connectivity index (χ0n) is 13.0. The fourth-order valence-corrected chi connectivity index (χ4v) is 2.08. The molecular formula is C18H25NO2. The van der Waals surface area contributed by atoms with Crippen molar-refractivity contribution in [2.45, 2.75) is 46.0 Å². The second-order valence-electron chi connectivity index (χ2n) is 5.07. The Balaban J connectivity index is 2.64. The number of carbonyl (C=O) groups is 1.